The number of esters is 1. The topological polar surface area (TPSA) is 127 Å². The molecule has 3 atom stereocenters. The molecule has 0 aliphatic carbocycles. The highest BCUT2D eigenvalue weighted by Gasteiger charge is 2.27. The number of aliphatic hydroxyl groups is 1. The van der Waals surface area contributed by atoms with Crippen molar-refractivity contribution in [3.63, 3.8) is 0 Å². The molecule has 0 saturated carbocycles. The summed E-state index contributed by atoms with van der Waals surface area (Å²) in [6, 6.07) is 8.35. The lowest BCUT2D eigenvalue weighted by atomic mass is 9.93. The zero-order chi connectivity index (χ0) is 25.8. The molecule has 1 aromatic heterocycles. The Morgan fingerprint density at radius 2 is 1.94 bits per heavy atom. The van der Waals surface area contributed by atoms with E-state index in [0.29, 0.717) is 16.9 Å². The second kappa shape index (κ2) is 10.9. The van der Waals surface area contributed by atoms with Crippen LogP contribution in [0, 0.1) is 5.92 Å². The fourth-order valence-electron chi connectivity index (χ4n) is 3.94. The Morgan fingerprint density at radius 1 is 1.20 bits per heavy atom. The van der Waals surface area contributed by atoms with Gasteiger partial charge in [-0.2, -0.15) is 0 Å². The zero-order valence-corrected chi connectivity index (χ0v) is 20.8. The SMILES string of the molecule is COC(=O)Cc1ccc2c(c1)NC(=O)[C@H](C)CC(O)C[C@H](NC(=O)OC(C)(C)C)c1cc-2ccn1. The third-order valence-corrected chi connectivity index (χ3v) is 5.64. The van der Waals surface area contributed by atoms with Crippen molar-refractivity contribution in [1.29, 1.82) is 0 Å². The van der Waals surface area contributed by atoms with Crippen LogP contribution < -0.4 is 10.6 Å². The summed E-state index contributed by atoms with van der Waals surface area (Å²) in [6.07, 6.45) is 0.548. The van der Waals surface area contributed by atoms with Crippen molar-refractivity contribution < 1.29 is 29.0 Å². The van der Waals surface area contributed by atoms with Crippen LogP contribution in [-0.2, 0) is 25.5 Å². The normalized spacial score (nSPS) is 20.4. The largest absolute Gasteiger partial charge is 0.469 e. The first-order valence-electron chi connectivity index (χ1n) is 11.6. The quantitative estimate of drug-likeness (QED) is 0.567. The first kappa shape index (κ1) is 26.2. The molecule has 9 nitrogen and oxygen atoms in total. The summed E-state index contributed by atoms with van der Waals surface area (Å²) < 4.78 is 10.2. The first-order chi connectivity index (χ1) is 16.4. The molecule has 0 fully saturated rings. The summed E-state index contributed by atoms with van der Waals surface area (Å²) in [7, 11) is 1.32. The molecule has 2 heterocycles. The van der Waals surface area contributed by atoms with Crippen LogP contribution in [0.2, 0.25) is 0 Å². The van der Waals surface area contributed by atoms with E-state index in [9.17, 15) is 19.5 Å². The molecule has 1 aliphatic heterocycles. The van der Waals surface area contributed by atoms with Crippen LogP contribution in [0.4, 0.5) is 10.5 Å². The fraction of sp³-hybridized carbons (Fsp3) is 0.462. The van der Waals surface area contributed by atoms with Crippen LogP contribution >= 0.6 is 0 Å². The van der Waals surface area contributed by atoms with E-state index in [1.165, 1.54) is 7.11 Å². The van der Waals surface area contributed by atoms with Crippen molar-refractivity contribution in [2.45, 2.75) is 64.7 Å². The number of carbonyl (C=O) groups is 3. The van der Waals surface area contributed by atoms with E-state index >= 15 is 0 Å². The summed E-state index contributed by atoms with van der Waals surface area (Å²) in [4.78, 5) is 41.7. The highest BCUT2D eigenvalue weighted by atomic mass is 16.6. The number of hydrogen-bond acceptors (Lipinski definition) is 7. The molecule has 35 heavy (non-hydrogen) atoms. The van der Waals surface area contributed by atoms with E-state index in [1.54, 1.807) is 52.1 Å². The monoisotopic (exact) mass is 483 g/mol. The Bertz CT molecular complexity index is 1090. The third-order valence-electron chi connectivity index (χ3n) is 5.64. The van der Waals surface area contributed by atoms with Crippen molar-refractivity contribution in [2.24, 2.45) is 5.92 Å². The minimum atomic E-state index is -0.870. The number of nitrogens with one attached hydrogen (secondary N) is 2. The molecule has 2 aromatic rings. The van der Waals surface area contributed by atoms with Crippen molar-refractivity contribution in [2.75, 3.05) is 12.4 Å². The second-order valence-corrected chi connectivity index (χ2v) is 9.82. The van der Waals surface area contributed by atoms with Crippen LogP contribution in [0.25, 0.3) is 11.1 Å². The number of fused-ring (bicyclic) bond motifs is 4. The number of aliphatic hydroxyl groups excluding tert-OH is 1. The van der Waals surface area contributed by atoms with Crippen molar-refractivity contribution in [1.82, 2.24) is 10.3 Å². The van der Waals surface area contributed by atoms with Gasteiger partial charge in [0.1, 0.15) is 5.60 Å². The maximum Gasteiger partial charge on any atom is 0.408 e. The molecule has 0 saturated heterocycles. The van der Waals surface area contributed by atoms with Gasteiger partial charge in [0.25, 0.3) is 0 Å². The van der Waals surface area contributed by atoms with Crippen LogP contribution in [-0.4, -0.2) is 46.9 Å². The number of amides is 2. The molecule has 3 N–H and O–H groups in total. The smallest absolute Gasteiger partial charge is 0.408 e. The van der Waals surface area contributed by atoms with Gasteiger partial charge in [-0.1, -0.05) is 19.1 Å². The number of hydrogen-bond donors (Lipinski definition) is 3. The van der Waals surface area contributed by atoms with Gasteiger partial charge in [-0.15, -0.1) is 0 Å². The van der Waals surface area contributed by atoms with Gasteiger partial charge >= 0.3 is 12.1 Å². The lowest BCUT2D eigenvalue weighted by Gasteiger charge is -2.26. The zero-order valence-electron chi connectivity index (χ0n) is 20.8. The Kier molecular flexibility index (Phi) is 8.11. The number of ether oxygens (including phenoxy) is 2. The third kappa shape index (κ3) is 7.26. The molecule has 9 heteroatoms. The van der Waals surface area contributed by atoms with Gasteiger partial charge in [-0.3, -0.25) is 14.6 Å². The molecular formula is C26H33N3O6. The van der Waals surface area contributed by atoms with Crippen molar-refractivity contribution >= 4 is 23.7 Å². The Balaban J connectivity index is 2.05. The lowest BCUT2D eigenvalue weighted by molar-refractivity contribution is -0.139. The first-order valence-corrected chi connectivity index (χ1v) is 11.6. The van der Waals surface area contributed by atoms with Gasteiger partial charge in [0, 0.05) is 23.4 Å². The predicted octanol–water partition coefficient (Wildman–Crippen LogP) is 3.76. The number of pyridine rings is 1. The summed E-state index contributed by atoms with van der Waals surface area (Å²) in [5.41, 5.74) is 2.59. The van der Waals surface area contributed by atoms with Crippen LogP contribution in [0.3, 0.4) is 0 Å². The Labute approximate surface area is 205 Å². The number of anilines is 1. The van der Waals surface area contributed by atoms with E-state index in [4.69, 9.17) is 9.47 Å². The average Bonchev–Trinajstić information content (AvgIpc) is 2.77. The van der Waals surface area contributed by atoms with Crippen molar-refractivity contribution in [3.8, 4) is 11.1 Å². The van der Waals surface area contributed by atoms with Gasteiger partial charge in [0.2, 0.25) is 5.91 Å². The number of carbonyl (C=O) groups excluding carboxylic acids is 3. The van der Waals surface area contributed by atoms with Crippen LogP contribution in [0.15, 0.2) is 36.5 Å². The van der Waals surface area contributed by atoms with Gasteiger partial charge in [-0.25, -0.2) is 4.79 Å². The molecule has 2 bridgehead atoms. The summed E-state index contributed by atoms with van der Waals surface area (Å²) in [5, 5.41) is 16.5. The number of benzene rings is 1. The lowest BCUT2D eigenvalue weighted by Crippen LogP contribution is -2.37. The predicted molar refractivity (Wildman–Crippen MR) is 131 cm³/mol. The maximum absolute atomic E-state index is 13.0. The number of nitrogens with zero attached hydrogens (tertiary/aromatic N) is 1. The summed E-state index contributed by atoms with van der Waals surface area (Å²) in [5.74, 6) is -1.15. The Morgan fingerprint density at radius 3 is 2.63 bits per heavy atom. The summed E-state index contributed by atoms with van der Waals surface area (Å²) in [6.45, 7) is 7.04. The number of alkyl carbamates (subject to hydrolysis) is 1. The van der Waals surface area contributed by atoms with Crippen LogP contribution in [0.1, 0.15) is 57.8 Å². The number of methoxy groups -OCH3 is 1. The van der Waals surface area contributed by atoms with E-state index in [0.717, 1.165) is 11.1 Å². The molecule has 2 amide bonds. The molecule has 0 radical (unpaired) electrons. The molecule has 1 aromatic carbocycles. The Hall–Kier alpha value is -3.46. The fourth-order valence-corrected chi connectivity index (χ4v) is 3.94. The van der Waals surface area contributed by atoms with E-state index in [-0.39, 0.29) is 31.1 Å². The summed E-state index contributed by atoms with van der Waals surface area (Å²) >= 11 is 0. The highest BCUT2D eigenvalue weighted by molar-refractivity contribution is 5.97. The minimum absolute atomic E-state index is 0.0669. The minimum Gasteiger partial charge on any atom is -0.469 e. The van der Waals surface area contributed by atoms with Gasteiger partial charge in [0.05, 0.1) is 31.4 Å². The molecule has 1 aliphatic rings. The standard InChI is InChI=1S/C26H33N3O6/c1-15-10-18(30)14-22(29-25(33)35-26(2,3)4)21-13-17(8-9-27-21)19-7-6-16(12-23(31)34-5)11-20(19)28-24(15)32/h6-9,11,13,15,18,22,30H,10,12,14H2,1-5H3,(H,28,32)(H,29,33)/t15-,18?,22+/m1/s1. The molecule has 1 unspecified atom stereocenters. The highest BCUT2D eigenvalue weighted by Crippen LogP contribution is 2.33. The van der Waals surface area contributed by atoms with Gasteiger partial charge in [-0.05, 0) is 62.9 Å². The van der Waals surface area contributed by atoms with Gasteiger partial charge < -0.3 is 25.2 Å². The maximum atomic E-state index is 13.0. The average molecular weight is 484 g/mol. The van der Waals surface area contributed by atoms with Gasteiger partial charge in [0.15, 0.2) is 0 Å². The van der Waals surface area contributed by atoms with E-state index < -0.39 is 29.8 Å². The molecule has 0 spiro atoms. The molecule has 3 rings (SSSR count). The van der Waals surface area contributed by atoms with E-state index in [2.05, 4.69) is 15.6 Å². The molecule has 188 valence electrons. The molecular weight excluding hydrogens is 450 g/mol. The number of rotatable bonds is 3. The second-order valence-electron chi connectivity index (χ2n) is 9.82. The number of aromatic nitrogens is 1. The van der Waals surface area contributed by atoms with Crippen molar-refractivity contribution in [3.05, 3.63) is 47.8 Å². The van der Waals surface area contributed by atoms with Crippen LogP contribution in [0.5, 0.6) is 0 Å². The van der Waals surface area contributed by atoms with E-state index in [1.807, 2.05) is 12.1 Å².